The summed E-state index contributed by atoms with van der Waals surface area (Å²) in [6.07, 6.45) is -0.231. The molecule has 0 bridgehead atoms. The molecule has 0 aliphatic carbocycles. The number of aryl methyl sites for hydroxylation is 1. The van der Waals surface area contributed by atoms with Crippen molar-refractivity contribution in [1.82, 2.24) is 5.32 Å². The smallest absolute Gasteiger partial charge is 0.322 e. The van der Waals surface area contributed by atoms with Gasteiger partial charge >= 0.3 is 5.97 Å². The molecule has 2 N–H and O–H groups in total. The number of hydrogen-bond acceptors (Lipinski definition) is 5. The Morgan fingerprint density at radius 3 is 2.73 bits per heavy atom. The Morgan fingerprint density at radius 2 is 2.09 bits per heavy atom. The number of nitrogens with zero attached hydrogens (tertiary/aromatic N) is 1. The number of benzene rings is 1. The molecule has 22 heavy (non-hydrogen) atoms. The molecule has 8 heteroatoms. The average molecular weight is 322 g/mol. The molecule has 3 amide bonds. The summed E-state index contributed by atoms with van der Waals surface area (Å²) in [6, 6.07) is 6.95. The molecular formula is C14H14N2O5S. The molecule has 1 aliphatic rings. The predicted octanol–water partition coefficient (Wildman–Crippen LogP) is 1.15. The van der Waals surface area contributed by atoms with Crippen molar-refractivity contribution in [2.75, 3.05) is 11.4 Å². The zero-order chi connectivity index (χ0) is 16.3. The van der Waals surface area contributed by atoms with E-state index in [4.69, 9.17) is 5.11 Å². The number of anilines is 1. The summed E-state index contributed by atoms with van der Waals surface area (Å²) < 4.78 is 0. The fourth-order valence-electron chi connectivity index (χ4n) is 2.00. The zero-order valence-corrected chi connectivity index (χ0v) is 12.6. The van der Waals surface area contributed by atoms with Crippen molar-refractivity contribution < 1.29 is 24.3 Å². The number of nitrogens with one attached hydrogen (secondary N) is 1. The van der Waals surface area contributed by atoms with Gasteiger partial charge in [-0.25, -0.2) is 4.90 Å². The van der Waals surface area contributed by atoms with Crippen LogP contribution in [0, 0.1) is 6.92 Å². The van der Waals surface area contributed by atoms with Gasteiger partial charge < -0.3 is 10.4 Å². The number of carbonyl (C=O) groups excluding carboxylic acids is 3. The molecule has 0 aromatic heterocycles. The molecule has 2 rings (SSSR count). The van der Waals surface area contributed by atoms with Crippen molar-refractivity contribution in [2.24, 2.45) is 0 Å². The maximum absolute atomic E-state index is 12.3. The number of carboxylic acids is 1. The molecule has 0 radical (unpaired) electrons. The minimum atomic E-state index is -1.17. The van der Waals surface area contributed by atoms with Gasteiger partial charge in [-0.3, -0.25) is 19.2 Å². The molecule has 0 spiro atoms. The van der Waals surface area contributed by atoms with Crippen LogP contribution >= 0.6 is 11.8 Å². The van der Waals surface area contributed by atoms with Crippen LogP contribution in [-0.4, -0.2) is 39.9 Å². The summed E-state index contributed by atoms with van der Waals surface area (Å²) in [5, 5.41) is 9.39. The van der Waals surface area contributed by atoms with E-state index in [2.05, 4.69) is 5.32 Å². The number of aliphatic carboxylic acids is 1. The Balaban J connectivity index is 2.06. The van der Waals surface area contributed by atoms with Crippen molar-refractivity contribution in [1.29, 1.82) is 0 Å². The first-order chi connectivity index (χ1) is 10.4. The van der Waals surface area contributed by atoms with Gasteiger partial charge in [-0.1, -0.05) is 12.1 Å². The molecule has 116 valence electrons. The number of imide groups is 1. The Labute approximate surface area is 130 Å². The van der Waals surface area contributed by atoms with Crippen molar-refractivity contribution in [3.05, 3.63) is 29.8 Å². The molecule has 7 nitrogen and oxygen atoms in total. The van der Waals surface area contributed by atoms with E-state index in [1.807, 2.05) is 13.0 Å². The van der Waals surface area contributed by atoms with Crippen LogP contribution < -0.4 is 10.2 Å². The van der Waals surface area contributed by atoms with E-state index in [-0.39, 0.29) is 6.42 Å². The third-order valence-electron chi connectivity index (χ3n) is 2.99. The van der Waals surface area contributed by atoms with Crippen molar-refractivity contribution in [2.45, 2.75) is 18.6 Å². The standard InChI is InChI=1S/C14H14N2O5S/c1-8-3-2-4-9(5-8)16-13(20)10(22-14(16)21)6-11(17)15-7-12(18)19/h2-5,10H,6-7H2,1H3,(H,15,17)(H,18,19). The first kappa shape index (κ1) is 16.0. The van der Waals surface area contributed by atoms with Gasteiger partial charge in [0.05, 0.1) is 5.69 Å². The first-order valence-electron chi connectivity index (χ1n) is 6.48. The van der Waals surface area contributed by atoms with Gasteiger partial charge in [0.2, 0.25) is 11.8 Å². The Morgan fingerprint density at radius 1 is 1.36 bits per heavy atom. The summed E-state index contributed by atoms with van der Waals surface area (Å²) >= 11 is 0.774. The van der Waals surface area contributed by atoms with Gasteiger partial charge in [0.25, 0.3) is 5.24 Å². The molecule has 1 fully saturated rings. The van der Waals surface area contributed by atoms with Crippen LogP contribution in [0.1, 0.15) is 12.0 Å². The molecule has 1 unspecified atom stereocenters. The molecular weight excluding hydrogens is 308 g/mol. The Bertz CT molecular complexity index is 646. The van der Waals surface area contributed by atoms with E-state index in [0.717, 1.165) is 22.2 Å². The average Bonchev–Trinajstić information content (AvgIpc) is 2.71. The Kier molecular flexibility index (Phi) is 4.81. The van der Waals surface area contributed by atoms with E-state index in [0.29, 0.717) is 5.69 Å². The second-order valence-corrected chi connectivity index (χ2v) is 5.91. The van der Waals surface area contributed by atoms with Gasteiger partial charge in [0.15, 0.2) is 0 Å². The van der Waals surface area contributed by atoms with Crippen LogP contribution in [0.15, 0.2) is 24.3 Å². The number of carboxylic acid groups (broad SMARTS) is 1. The SMILES string of the molecule is Cc1cccc(N2C(=O)SC(CC(=O)NCC(=O)O)C2=O)c1. The van der Waals surface area contributed by atoms with Crippen LogP contribution in [0.3, 0.4) is 0 Å². The van der Waals surface area contributed by atoms with Crippen molar-refractivity contribution >= 4 is 40.5 Å². The highest BCUT2D eigenvalue weighted by Crippen LogP contribution is 2.33. The first-order valence-corrected chi connectivity index (χ1v) is 7.36. The third kappa shape index (κ3) is 3.64. The number of thioether (sulfide) groups is 1. The number of rotatable bonds is 5. The van der Waals surface area contributed by atoms with Crippen LogP contribution in [0.2, 0.25) is 0 Å². The Hall–Kier alpha value is -2.35. The lowest BCUT2D eigenvalue weighted by Crippen LogP contribution is -2.35. The summed E-state index contributed by atoms with van der Waals surface area (Å²) in [5.74, 6) is -2.21. The minimum Gasteiger partial charge on any atom is -0.480 e. The summed E-state index contributed by atoms with van der Waals surface area (Å²) in [5.41, 5.74) is 1.38. The van der Waals surface area contributed by atoms with Crippen LogP contribution in [0.5, 0.6) is 0 Å². The van der Waals surface area contributed by atoms with Gasteiger partial charge in [-0.2, -0.15) is 0 Å². The summed E-state index contributed by atoms with van der Waals surface area (Å²) in [4.78, 5) is 47.3. The molecule has 1 heterocycles. The van der Waals surface area contributed by atoms with Gasteiger partial charge in [0.1, 0.15) is 11.8 Å². The molecule has 1 atom stereocenters. The highest BCUT2D eigenvalue weighted by molar-refractivity contribution is 8.15. The van der Waals surface area contributed by atoms with Gasteiger partial charge in [0, 0.05) is 6.42 Å². The molecule has 1 aliphatic heterocycles. The minimum absolute atomic E-state index is 0.231. The normalized spacial score (nSPS) is 17.7. The van der Waals surface area contributed by atoms with Gasteiger partial charge in [-0.05, 0) is 36.4 Å². The lowest BCUT2D eigenvalue weighted by molar-refractivity contribution is -0.137. The maximum atomic E-state index is 12.3. The zero-order valence-electron chi connectivity index (χ0n) is 11.7. The van der Waals surface area contributed by atoms with Crippen molar-refractivity contribution in [3.8, 4) is 0 Å². The summed E-state index contributed by atoms with van der Waals surface area (Å²) in [7, 11) is 0. The fourth-order valence-corrected chi connectivity index (χ4v) is 2.99. The molecule has 1 aromatic carbocycles. The number of carbonyl (C=O) groups is 4. The second kappa shape index (κ2) is 6.61. The molecule has 1 aromatic rings. The predicted molar refractivity (Wildman–Crippen MR) is 80.7 cm³/mol. The molecule has 1 saturated heterocycles. The van der Waals surface area contributed by atoms with E-state index < -0.39 is 34.8 Å². The van der Waals surface area contributed by atoms with Crippen LogP contribution in [0.4, 0.5) is 10.5 Å². The summed E-state index contributed by atoms with van der Waals surface area (Å²) in [6.45, 7) is 1.33. The quantitative estimate of drug-likeness (QED) is 0.843. The lowest BCUT2D eigenvalue weighted by atomic mass is 10.2. The number of amides is 3. The third-order valence-corrected chi connectivity index (χ3v) is 4.03. The lowest BCUT2D eigenvalue weighted by Gasteiger charge is -2.14. The van der Waals surface area contributed by atoms with Crippen LogP contribution in [0.25, 0.3) is 0 Å². The van der Waals surface area contributed by atoms with E-state index in [1.54, 1.807) is 18.2 Å². The van der Waals surface area contributed by atoms with Gasteiger partial charge in [-0.15, -0.1) is 0 Å². The number of hydrogen-bond donors (Lipinski definition) is 2. The van der Waals surface area contributed by atoms with Crippen LogP contribution in [-0.2, 0) is 14.4 Å². The van der Waals surface area contributed by atoms with E-state index in [1.165, 1.54) is 0 Å². The second-order valence-electron chi connectivity index (χ2n) is 4.76. The topological polar surface area (TPSA) is 104 Å². The maximum Gasteiger partial charge on any atom is 0.322 e. The van der Waals surface area contributed by atoms with Crippen molar-refractivity contribution in [3.63, 3.8) is 0 Å². The highest BCUT2D eigenvalue weighted by Gasteiger charge is 2.41. The van der Waals surface area contributed by atoms with E-state index in [9.17, 15) is 19.2 Å². The fraction of sp³-hybridized carbons (Fsp3) is 0.286. The largest absolute Gasteiger partial charge is 0.480 e. The molecule has 0 saturated carbocycles. The highest BCUT2D eigenvalue weighted by atomic mass is 32.2. The van der Waals surface area contributed by atoms with E-state index >= 15 is 0 Å². The monoisotopic (exact) mass is 322 g/mol.